The first-order valence-electron chi connectivity index (χ1n) is 9.29. The van der Waals surface area contributed by atoms with Crippen LogP contribution in [-0.2, 0) is 0 Å². The summed E-state index contributed by atoms with van der Waals surface area (Å²) in [6.07, 6.45) is 3.40. The topological polar surface area (TPSA) is 83.0 Å². The molecule has 0 amide bonds. The number of rotatable bonds is 4. The summed E-state index contributed by atoms with van der Waals surface area (Å²) < 4.78 is 12.3. The van der Waals surface area contributed by atoms with E-state index in [1.54, 1.807) is 30.1 Å². The van der Waals surface area contributed by atoms with Gasteiger partial charge in [0.15, 0.2) is 0 Å². The fourth-order valence-corrected chi connectivity index (χ4v) is 3.33. The van der Waals surface area contributed by atoms with E-state index in [1.165, 1.54) is 0 Å². The van der Waals surface area contributed by atoms with Crippen LogP contribution in [-0.4, -0.2) is 26.8 Å². The smallest absolute Gasteiger partial charge is 0.262 e. The first kappa shape index (κ1) is 17.8. The Kier molecular flexibility index (Phi) is 4.33. The number of hydrogen-bond donors (Lipinski definition) is 0. The molecule has 0 fully saturated rings. The average molecular weight is 396 g/mol. The normalized spacial score (nSPS) is 11.0. The average Bonchev–Trinajstić information content (AvgIpc) is 3.30. The predicted octanol–water partition coefficient (Wildman–Crippen LogP) is 4.11. The summed E-state index contributed by atoms with van der Waals surface area (Å²) in [5, 5.41) is 5.36. The molecule has 7 heteroatoms. The molecule has 30 heavy (non-hydrogen) atoms. The number of benzene rings is 2. The van der Waals surface area contributed by atoms with E-state index in [2.05, 4.69) is 15.1 Å². The van der Waals surface area contributed by atoms with Gasteiger partial charge in [-0.3, -0.25) is 14.3 Å². The lowest BCUT2D eigenvalue weighted by Crippen LogP contribution is -2.18. The number of fused-ring (bicyclic) bond motifs is 1. The van der Waals surface area contributed by atoms with Crippen LogP contribution in [0.25, 0.3) is 39.4 Å². The van der Waals surface area contributed by atoms with Crippen molar-refractivity contribution >= 4 is 10.8 Å². The minimum Gasteiger partial charge on any atom is -0.497 e. The Hall–Kier alpha value is -4.26. The van der Waals surface area contributed by atoms with Gasteiger partial charge in [0.25, 0.3) is 11.4 Å². The van der Waals surface area contributed by atoms with Gasteiger partial charge in [-0.05, 0) is 42.5 Å². The first-order valence-corrected chi connectivity index (χ1v) is 9.29. The molecule has 3 aromatic heterocycles. The predicted molar refractivity (Wildman–Crippen MR) is 113 cm³/mol. The molecule has 0 radical (unpaired) electrons. The SMILES string of the molecule is COc1ccc(-n2cc(-c3nc(-c4ccccn4)no3)c3ccccc3c2=O)cc1. The van der Waals surface area contributed by atoms with Crippen molar-refractivity contribution in [3.8, 4) is 34.4 Å². The lowest BCUT2D eigenvalue weighted by molar-refractivity contribution is 0.414. The van der Waals surface area contributed by atoms with Crippen LogP contribution in [0.1, 0.15) is 0 Å². The maximum atomic E-state index is 13.1. The Morgan fingerprint density at radius 1 is 0.933 bits per heavy atom. The number of ether oxygens (including phenoxy) is 1. The van der Waals surface area contributed by atoms with E-state index >= 15 is 0 Å². The van der Waals surface area contributed by atoms with E-state index in [4.69, 9.17) is 9.26 Å². The maximum Gasteiger partial charge on any atom is 0.262 e. The summed E-state index contributed by atoms with van der Waals surface area (Å²) in [6, 6.07) is 20.1. The lowest BCUT2D eigenvalue weighted by atomic mass is 10.1. The van der Waals surface area contributed by atoms with E-state index in [0.717, 1.165) is 5.39 Å². The third-order valence-electron chi connectivity index (χ3n) is 4.83. The van der Waals surface area contributed by atoms with Crippen LogP contribution in [0.4, 0.5) is 0 Å². The van der Waals surface area contributed by atoms with Crippen molar-refractivity contribution in [2.75, 3.05) is 7.11 Å². The minimum atomic E-state index is -0.135. The zero-order valence-corrected chi connectivity index (χ0v) is 16.0. The molecule has 0 saturated carbocycles. The molecule has 0 aliphatic heterocycles. The summed E-state index contributed by atoms with van der Waals surface area (Å²) in [4.78, 5) is 21.9. The molecule has 146 valence electrons. The van der Waals surface area contributed by atoms with Crippen molar-refractivity contribution in [3.05, 3.63) is 89.5 Å². The Morgan fingerprint density at radius 3 is 2.43 bits per heavy atom. The van der Waals surface area contributed by atoms with E-state index in [-0.39, 0.29) is 5.56 Å². The second-order valence-electron chi connectivity index (χ2n) is 6.60. The minimum absolute atomic E-state index is 0.135. The van der Waals surface area contributed by atoms with Gasteiger partial charge in [0.1, 0.15) is 11.4 Å². The fraction of sp³-hybridized carbons (Fsp3) is 0.0435. The third kappa shape index (κ3) is 3.02. The molecule has 0 N–H and O–H groups in total. The molecule has 3 heterocycles. The van der Waals surface area contributed by atoms with Crippen molar-refractivity contribution in [2.45, 2.75) is 0 Å². The summed E-state index contributed by atoms with van der Waals surface area (Å²) in [6.45, 7) is 0. The third-order valence-corrected chi connectivity index (χ3v) is 4.83. The summed E-state index contributed by atoms with van der Waals surface area (Å²) >= 11 is 0. The fourth-order valence-electron chi connectivity index (χ4n) is 3.33. The summed E-state index contributed by atoms with van der Waals surface area (Å²) in [7, 11) is 1.60. The van der Waals surface area contributed by atoms with Crippen LogP contribution in [0.2, 0.25) is 0 Å². The Labute approximate surface area is 171 Å². The molecule has 5 aromatic rings. The van der Waals surface area contributed by atoms with Crippen LogP contribution in [0.3, 0.4) is 0 Å². The number of hydrogen-bond acceptors (Lipinski definition) is 6. The maximum absolute atomic E-state index is 13.1. The van der Waals surface area contributed by atoms with Crippen molar-refractivity contribution < 1.29 is 9.26 Å². The zero-order chi connectivity index (χ0) is 20.5. The summed E-state index contributed by atoms with van der Waals surface area (Å²) in [5.74, 6) is 1.41. The molecule has 2 aromatic carbocycles. The molecular formula is C23H16N4O3. The number of methoxy groups -OCH3 is 1. The van der Waals surface area contributed by atoms with Gasteiger partial charge in [-0.15, -0.1) is 0 Å². The molecule has 0 bridgehead atoms. The molecule has 0 saturated heterocycles. The van der Waals surface area contributed by atoms with Crippen molar-refractivity contribution in [1.29, 1.82) is 0 Å². The monoisotopic (exact) mass is 396 g/mol. The summed E-state index contributed by atoms with van der Waals surface area (Å²) in [5.41, 5.74) is 1.84. The Morgan fingerprint density at radius 2 is 1.70 bits per heavy atom. The highest BCUT2D eigenvalue weighted by atomic mass is 16.5. The van der Waals surface area contributed by atoms with Gasteiger partial charge in [-0.25, -0.2) is 0 Å². The molecular weight excluding hydrogens is 380 g/mol. The zero-order valence-electron chi connectivity index (χ0n) is 16.0. The van der Waals surface area contributed by atoms with Crippen LogP contribution in [0.5, 0.6) is 5.75 Å². The van der Waals surface area contributed by atoms with Crippen LogP contribution < -0.4 is 10.3 Å². The highest BCUT2D eigenvalue weighted by Gasteiger charge is 2.17. The number of nitrogens with zero attached hydrogens (tertiary/aromatic N) is 4. The largest absolute Gasteiger partial charge is 0.497 e. The van der Waals surface area contributed by atoms with Crippen LogP contribution in [0, 0.1) is 0 Å². The molecule has 0 unspecified atom stereocenters. The lowest BCUT2D eigenvalue weighted by Gasteiger charge is -2.11. The highest BCUT2D eigenvalue weighted by molar-refractivity contribution is 5.94. The first-order chi connectivity index (χ1) is 14.7. The molecule has 0 spiro atoms. The second kappa shape index (κ2) is 7.29. The van der Waals surface area contributed by atoms with Gasteiger partial charge in [0.2, 0.25) is 5.82 Å². The Bertz CT molecular complexity index is 1390. The van der Waals surface area contributed by atoms with Crippen LogP contribution in [0.15, 0.2) is 88.4 Å². The van der Waals surface area contributed by atoms with Gasteiger partial charge in [0, 0.05) is 28.9 Å². The second-order valence-corrected chi connectivity index (χ2v) is 6.60. The number of pyridine rings is 2. The van der Waals surface area contributed by atoms with Crippen molar-refractivity contribution in [3.63, 3.8) is 0 Å². The van der Waals surface area contributed by atoms with Crippen LogP contribution >= 0.6 is 0 Å². The molecule has 0 atom stereocenters. The van der Waals surface area contributed by atoms with Gasteiger partial charge in [-0.1, -0.05) is 29.4 Å². The van der Waals surface area contributed by atoms with Gasteiger partial charge >= 0.3 is 0 Å². The van der Waals surface area contributed by atoms with E-state index < -0.39 is 0 Å². The molecule has 0 aliphatic carbocycles. The van der Waals surface area contributed by atoms with E-state index in [0.29, 0.717) is 39.8 Å². The van der Waals surface area contributed by atoms with Crippen molar-refractivity contribution in [2.24, 2.45) is 0 Å². The van der Waals surface area contributed by atoms with Gasteiger partial charge in [-0.2, -0.15) is 4.98 Å². The van der Waals surface area contributed by atoms with Gasteiger partial charge < -0.3 is 9.26 Å². The molecule has 5 rings (SSSR count). The standard InChI is InChI=1S/C23H16N4O3/c1-29-16-11-9-15(10-12-16)27-14-19(17-6-2-3-7-18(17)23(27)28)22-25-21(26-30-22)20-8-4-5-13-24-20/h2-14H,1H3. The van der Waals surface area contributed by atoms with Gasteiger partial charge in [0.05, 0.1) is 12.7 Å². The Balaban J connectivity index is 1.71. The van der Waals surface area contributed by atoms with E-state index in [1.807, 2.05) is 60.7 Å². The molecule has 0 aliphatic rings. The number of aromatic nitrogens is 4. The van der Waals surface area contributed by atoms with E-state index in [9.17, 15) is 4.79 Å². The molecule has 7 nitrogen and oxygen atoms in total. The quantitative estimate of drug-likeness (QED) is 0.455. The highest BCUT2D eigenvalue weighted by Crippen LogP contribution is 2.28. The van der Waals surface area contributed by atoms with Crippen molar-refractivity contribution in [1.82, 2.24) is 19.7 Å².